The Morgan fingerprint density at radius 3 is 2.56 bits per heavy atom. The van der Waals surface area contributed by atoms with Gasteiger partial charge in [-0.05, 0) is 49.3 Å². The molecule has 2 heterocycles. The number of para-hydroxylation sites is 1. The molecular formula is C26H27N5O2S. The summed E-state index contributed by atoms with van der Waals surface area (Å²) in [7, 11) is 0. The van der Waals surface area contributed by atoms with Gasteiger partial charge in [-0.2, -0.15) is 0 Å². The molecule has 174 valence electrons. The molecule has 1 aliphatic rings. The number of allylic oxidation sites excluding steroid dienone is 1. The first-order chi connectivity index (χ1) is 16.7. The first kappa shape index (κ1) is 22.4. The lowest BCUT2D eigenvalue weighted by Gasteiger charge is -2.29. The van der Waals surface area contributed by atoms with Crippen LogP contribution in [0.25, 0.3) is 16.7 Å². The van der Waals surface area contributed by atoms with Gasteiger partial charge >= 0.3 is 0 Å². The number of fused-ring (bicyclic) bond motifs is 3. The molecule has 0 atom stereocenters. The lowest BCUT2D eigenvalue weighted by Crippen LogP contribution is -2.38. The molecule has 2 aromatic heterocycles. The number of amides is 1. The number of nitrogens with one attached hydrogen (secondary N) is 1. The molecule has 4 aromatic rings. The average molecular weight is 474 g/mol. The lowest BCUT2D eigenvalue weighted by atomic mass is 9.82. The van der Waals surface area contributed by atoms with E-state index < -0.39 is 0 Å². The molecule has 0 aliphatic heterocycles. The number of hydrogen-bond acceptors (Lipinski definition) is 5. The molecule has 1 saturated carbocycles. The zero-order valence-corrected chi connectivity index (χ0v) is 19.7. The molecule has 1 aliphatic carbocycles. The Hall–Kier alpha value is -3.39. The van der Waals surface area contributed by atoms with Crippen LogP contribution in [0, 0.1) is 0 Å². The minimum absolute atomic E-state index is 0.00590. The van der Waals surface area contributed by atoms with E-state index in [9.17, 15) is 9.59 Å². The number of benzene rings is 2. The van der Waals surface area contributed by atoms with Crippen molar-refractivity contribution in [2.45, 2.75) is 49.3 Å². The molecule has 0 radical (unpaired) electrons. The van der Waals surface area contributed by atoms with Crippen molar-refractivity contribution in [3.05, 3.63) is 83.2 Å². The summed E-state index contributed by atoms with van der Waals surface area (Å²) in [5, 5.41) is 12.9. The summed E-state index contributed by atoms with van der Waals surface area (Å²) in [6.07, 6.45) is 5.82. The minimum Gasteiger partial charge on any atom is -0.353 e. The highest BCUT2D eigenvalue weighted by Gasteiger charge is 2.24. The zero-order chi connectivity index (χ0) is 23.5. The number of thioether (sulfide) groups is 1. The molecule has 1 N–H and O–H groups in total. The number of carbonyl (C=O) groups excluding carboxylic acids is 1. The second kappa shape index (κ2) is 9.85. The lowest BCUT2D eigenvalue weighted by molar-refractivity contribution is -0.119. The number of aromatic nitrogens is 4. The Morgan fingerprint density at radius 2 is 1.79 bits per heavy atom. The van der Waals surface area contributed by atoms with E-state index in [0.717, 1.165) is 31.2 Å². The van der Waals surface area contributed by atoms with Crippen LogP contribution in [0.15, 0.2) is 77.2 Å². The van der Waals surface area contributed by atoms with Crippen molar-refractivity contribution >= 4 is 34.3 Å². The molecule has 0 bridgehead atoms. The van der Waals surface area contributed by atoms with Crippen LogP contribution in [-0.2, 0) is 11.3 Å². The Labute approximate surface area is 201 Å². The molecule has 7 nitrogen and oxygen atoms in total. The fourth-order valence-corrected chi connectivity index (χ4v) is 5.57. The van der Waals surface area contributed by atoms with Gasteiger partial charge in [-0.15, -0.1) is 16.8 Å². The second-order valence-electron chi connectivity index (χ2n) is 8.65. The molecule has 34 heavy (non-hydrogen) atoms. The van der Waals surface area contributed by atoms with Gasteiger partial charge in [0.25, 0.3) is 5.56 Å². The van der Waals surface area contributed by atoms with Gasteiger partial charge in [0.05, 0.1) is 16.7 Å². The largest absolute Gasteiger partial charge is 0.353 e. The highest BCUT2D eigenvalue weighted by Crippen LogP contribution is 2.32. The van der Waals surface area contributed by atoms with Crippen LogP contribution in [0.3, 0.4) is 0 Å². The smallest absolute Gasteiger partial charge is 0.263 e. The van der Waals surface area contributed by atoms with Crippen LogP contribution in [-0.4, -0.2) is 36.9 Å². The first-order valence-electron chi connectivity index (χ1n) is 11.6. The van der Waals surface area contributed by atoms with Crippen LogP contribution in [0.1, 0.15) is 37.2 Å². The maximum absolute atomic E-state index is 12.9. The van der Waals surface area contributed by atoms with Gasteiger partial charge < -0.3 is 5.32 Å². The van der Waals surface area contributed by atoms with Gasteiger partial charge in [0, 0.05) is 12.6 Å². The normalized spacial score (nSPS) is 18.2. The van der Waals surface area contributed by atoms with E-state index in [1.54, 1.807) is 16.7 Å². The SMILES string of the molecule is C=CCn1c(=O)c2ccccc2n2c(SCC(=O)NC3CCC(c4ccccc4)CC3)nnc12. The van der Waals surface area contributed by atoms with E-state index in [-0.39, 0.29) is 23.3 Å². The zero-order valence-electron chi connectivity index (χ0n) is 18.9. The first-order valence-corrected chi connectivity index (χ1v) is 12.6. The fourth-order valence-electron chi connectivity index (χ4n) is 4.82. The number of hydrogen-bond donors (Lipinski definition) is 1. The summed E-state index contributed by atoms with van der Waals surface area (Å²) < 4.78 is 3.40. The van der Waals surface area contributed by atoms with Crippen LogP contribution in [0.2, 0.25) is 0 Å². The Morgan fingerprint density at radius 1 is 1.06 bits per heavy atom. The van der Waals surface area contributed by atoms with E-state index in [0.29, 0.717) is 28.8 Å². The third-order valence-electron chi connectivity index (χ3n) is 6.49. The van der Waals surface area contributed by atoms with Crippen LogP contribution < -0.4 is 10.9 Å². The molecular weight excluding hydrogens is 446 g/mol. The van der Waals surface area contributed by atoms with Gasteiger partial charge in [-0.25, -0.2) is 0 Å². The third-order valence-corrected chi connectivity index (χ3v) is 7.41. The van der Waals surface area contributed by atoms with Crippen molar-refractivity contribution in [3.8, 4) is 0 Å². The molecule has 1 fully saturated rings. The van der Waals surface area contributed by atoms with Crippen molar-refractivity contribution in [2.75, 3.05) is 5.75 Å². The molecule has 2 aromatic carbocycles. The monoisotopic (exact) mass is 473 g/mol. The van der Waals surface area contributed by atoms with E-state index >= 15 is 0 Å². The van der Waals surface area contributed by atoms with E-state index in [1.807, 2.05) is 28.7 Å². The summed E-state index contributed by atoms with van der Waals surface area (Å²) >= 11 is 1.33. The van der Waals surface area contributed by atoms with Crippen molar-refractivity contribution in [1.29, 1.82) is 0 Å². The minimum atomic E-state index is -0.129. The van der Waals surface area contributed by atoms with Crippen LogP contribution in [0.4, 0.5) is 0 Å². The maximum atomic E-state index is 12.9. The topological polar surface area (TPSA) is 81.3 Å². The highest BCUT2D eigenvalue weighted by atomic mass is 32.2. The maximum Gasteiger partial charge on any atom is 0.263 e. The van der Waals surface area contributed by atoms with E-state index in [1.165, 1.54) is 17.3 Å². The van der Waals surface area contributed by atoms with Gasteiger partial charge in [-0.1, -0.05) is 60.3 Å². The van der Waals surface area contributed by atoms with E-state index in [4.69, 9.17) is 0 Å². The number of nitrogens with zero attached hydrogens (tertiary/aromatic N) is 4. The Balaban J connectivity index is 1.27. The van der Waals surface area contributed by atoms with Crippen molar-refractivity contribution in [1.82, 2.24) is 24.5 Å². The van der Waals surface area contributed by atoms with Crippen LogP contribution >= 0.6 is 11.8 Å². The third kappa shape index (κ3) is 4.37. The molecule has 5 rings (SSSR count). The van der Waals surface area contributed by atoms with Gasteiger partial charge in [0.15, 0.2) is 5.16 Å². The predicted octanol–water partition coefficient (Wildman–Crippen LogP) is 4.16. The average Bonchev–Trinajstić information content (AvgIpc) is 3.30. The summed E-state index contributed by atoms with van der Waals surface area (Å²) in [5.41, 5.74) is 1.99. The van der Waals surface area contributed by atoms with Gasteiger partial charge in [-0.3, -0.25) is 18.6 Å². The molecule has 8 heteroatoms. The summed E-state index contributed by atoms with van der Waals surface area (Å²) in [4.78, 5) is 25.6. The van der Waals surface area contributed by atoms with Gasteiger partial charge in [0.1, 0.15) is 0 Å². The second-order valence-corrected chi connectivity index (χ2v) is 9.60. The Kier molecular flexibility index (Phi) is 6.49. The summed E-state index contributed by atoms with van der Waals surface area (Å²) in [5.74, 6) is 1.26. The molecule has 1 amide bonds. The highest BCUT2D eigenvalue weighted by molar-refractivity contribution is 7.99. The number of carbonyl (C=O) groups is 1. The van der Waals surface area contributed by atoms with Crippen molar-refractivity contribution in [3.63, 3.8) is 0 Å². The predicted molar refractivity (Wildman–Crippen MR) is 135 cm³/mol. The summed E-state index contributed by atoms with van der Waals surface area (Å²) in [6, 6.07) is 18.2. The van der Waals surface area contributed by atoms with Crippen molar-refractivity contribution in [2.24, 2.45) is 0 Å². The molecule has 0 unspecified atom stereocenters. The summed E-state index contributed by atoms with van der Waals surface area (Å²) in [6.45, 7) is 4.09. The van der Waals surface area contributed by atoms with Gasteiger partial charge in [0.2, 0.25) is 11.7 Å². The fraction of sp³-hybridized carbons (Fsp3) is 0.308. The van der Waals surface area contributed by atoms with Crippen LogP contribution in [0.5, 0.6) is 0 Å². The van der Waals surface area contributed by atoms with E-state index in [2.05, 4.69) is 46.4 Å². The van der Waals surface area contributed by atoms with Crippen molar-refractivity contribution < 1.29 is 4.79 Å². The molecule has 0 saturated heterocycles. The number of rotatable bonds is 7. The molecule has 0 spiro atoms. The quantitative estimate of drug-likeness (QED) is 0.322. The Bertz CT molecular complexity index is 1390. The standard InChI is InChI=1S/C26H27N5O2S/c1-2-16-30-24(33)21-10-6-7-11-22(21)31-25(30)28-29-26(31)34-17-23(32)27-20-14-12-19(13-15-20)18-8-4-3-5-9-18/h2-11,19-20H,1,12-17H2,(H,27,32).